The second-order valence-corrected chi connectivity index (χ2v) is 6.36. The van der Waals surface area contributed by atoms with Gasteiger partial charge in [0.1, 0.15) is 6.54 Å². The molecule has 1 aromatic rings. The second kappa shape index (κ2) is 7.77. The summed E-state index contributed by atoms with van der Waals surface area (Å²) in [5.41, 5.74) is 1.63. The van der Waals surface area contributed by atoms with E-state index in [9.17, 15) is 14.7 Å². The van der Waals surface area contributed by atoms with Crippen LogP contribution in [0.1, 0.15) is 41.1 Å². The van der Waals surface area contributed by atoms with Crippen molar-refractivity contribution in [1.29, 1.82) is 0 Å². The number of carbonyl (C=O) groups is 2. The Morgan fingerprint density at radius 2 is 1.88 bits per heavy atom. The van der Waals surface area contributed by atoms with Crippen LogP contribution in [0.5, 0.6) is 0 Å². The molecule has 2 aliphatic rings. The first-order valence-corrected chi connectivity index (χ1v) is 8.43. The van der Waals surface area contributed by atoms with Crippen molar-refractivity contribution in [3.8, 4) is 0 Å². The van der Waals surface area contributed by atoms with E-state index in [1.54, 1.807) is 6.07 Å². The molecule has 2 saturated heterocycles. The topological polar surface area (TPSA) is 76.1 Å². The maximum absolute atomic E-state index is 12.9. The average Bonchev–Trinajstić information content (AvgIpc) is 3.14. The highest BCUT2D eigenvalue weighted by atomic mass is 16.5. The average molecular weight is 333 g/mol. The predicted octanol–water partition coefficient (Wildman–Crippen LogP) is 1.90. The lowest BCUT2D eigenvalue weighted by atomic mass is 9.96. The normalized spacial score (nSPS) is 21.6. The molecule has 2 heterocycles. The summed E-state index contributed by atoms with van der Waals surface area (Å²) in [6.07, 6.45) is 2.31. The van der Waals surface area contributed by atoms with Gasteiger partial charge in [0.25, 0.3) is 5.91 Å². The number of hydrogen-bond donors (Lipinski definition) is 1. The molecule has 2 aliphatic heterocycles. The fourth-order valence-electron chi connectivity index (χ4n) is 3.40. The van der Waals surface area contributed by atoms with Crippen LogP contribution >= 0.6 is 0 Å². The van der Waals surface area contributed by atoms with Crippen molar-refractivity contribution in [3.63, 3.8) is 0 Å². The Kier molecular flexibility index (Phi) is 5.48. The van der Waals surface area contributed by atoms with Crippen LogP contribution in [0.2, 0.25) is 0 Å². The van der Waals surface area contributed by atoms with Gasteiger partial charge in [-0.3, -0.25) is 9.59 Å². The van der Waals surface area contributed by atoms with E-state index in [-0.39, 0.29) is 18.5 Å². The number of carboxylic acids is 1. The maximum atomic E-state index is 12.9. The van der Waals surface area contributed by atoms with Crippen molar-refractivity contribution >= 4 is 11.9 Å². The molecule has 1 aromatic carbocycles. The Hall–Kier alpha value is -1.92. The quantitative estimate of drug-likeness (QED) is 0.890. The van der Waals surface area contributed by atoms with Crippen molar-refractivity contribution < 1.29 is 24.2 Å². The van der Waals surface area contributed by atoms with Gasteiger partial charge in [-0.2, -0.15) is 0 Å². The third kappa shape index (κ3) is 3.94. The molecule has 2 fully saturated rings. The third-order valence-electron chi connectivity index (χ3n) is 4.73. The van der Waals surface area contributed by atoms with Gasteiger partial charge in [0.15, 0.2) is 0 Å². The number of rotatable bonds is 5. The molecule has 1 atom stereocenters. The van der Waals surface area contributed by atoms with Gasteiger partial charge in [-0.15, -0.1) is 0 Å². The second-order valence-electron chi connectivity index (χ2n) is 6.36. The van der Waals surface area contributed by atoms with E-state index in [4.69, 9.17) is 9.47 Å². The van der Waals surface area contributed by atoms with Gasteiger partial charge >= 0.3 is 5.97 Å². The van der Waals surface area contributed by atoms with Gasteiger partial charge in [-0.1, -0.05) is 12.1 Å². The molecule has 0 saturated carbocycles. The molecular weight excluding hydrogens is 310 g/mol. The van der Waals surface area contributed by atoms with E-state index < -0.39 is 5.97 Å². The summed E-state index contributed by atoms with van der Waals surface area (Å²) in [5, 5.41) is 9.20. The number of hydrogen-bond acceptors (Lipinski definition) is 4. The molecule has 1 amide bonds. The molecule has 0 spiro atoms. The summed E-state index contributed by atoms with van der Waals surface area (Å²) in [4.78, 5) is 25.6. The van der Waals surface area contributed by atoms with Crippen molar-refractivity contribution in [1.82, 2.24) is 4.90 Å². The van der Waals surface area contributed by atoms with Crippen LogP contribution in [0.25, 0.3) is 0 Å². The SMILES string of the molecule is O=C(O)CN(C(=O)c1cccc(C2CCOC2)c1)C1CCOCC1. The molecule has 0 aliphatic carbocycles. The zero-order valence-electron chi connectivity index (χ0n) is 13.6. The molecule has 24 heavy (non-hydrogen) atoms. The van der Waals surface area contributed by atoms with Crippen molar-refractivity contribution in [2.24, 2.45) is 0 Å². The predicted molar refractivity (Wildman–Crippen MR) is 87.1 cm³/mol. The van der Waals surface area contributed by atoms with E-state index in [1.807, 2.05) is 18.2 Å². The zero-order valence-corrected chi connectivity index (χ0v) is 13.6. The largest absolute Gasteiger partial charge is 0.480 e. The summed E-state index contributed by atoms with van der Waals surface area (Å²) in [7, 11) is 0. The first kappa shape index (κ1) is 16.9. The molecule has 0 radical (unpaired) electrons. The van der Waals surface area contributed by atoms with Gasteiger partial charge < -0.3 is 19.5 Å². The summed E-state index contributed by atoms with van der Waals surface area (Å²) in [6.45, 7) is 2.27. The molecule has 6 heteroatoms. The van der Waals surface area contributed by atoms with Crippen LogP contribution in [0.4, 0.5) is 0 Å². The number of benzene rings is 1. The lowest BCUT2D eigenvalue weighted by Crippen LogP contribution is -2.46. The lowest BCUT2D eigenvalue weighted by molar-refractivity contribution is -0.138. The minimum atomic E-state index is -0.991. The monoisotopic (exact) mass is 333 g/mol. The number of carboxylic acid groups (broad SMARTS) is 1. The summed E-state index contributed by atoms with van der Waals surface area (Å²) >= 11 is 0. The van der Waals surface area contributed by atoms with Gasteiger partial charge in [-0.05, 0) is 37.0 Å². The fourth-order valence-corrected chi connectivity index (χ4v) is 3.40. The molecule has 3 rings (SSSR count). The van der Waals surface area contributed by atoms with Crippen LogP contribution in [-0.2, 0) is 14.3 Å². The van der Waals surface area contributed by atoms with Gasteiger partial charge in [0, 0.05) is 37.3 Å². The Morgan fingerprint density at radius 3 is 2.54 bits per heavy atom. The Morgan fingerprint density at radius 1 is 1.12 bits per heavy atom. The summed E-state index contributed by atoms with van der Waals surface area (Å²) in [5.74, 6) is -0.894. The zero-order chi connectivity index (χ0) is 16.9. The molecular formula is C18H23NO5. The Bertz CT molecular complexity index is 591. The van der Waals surface area contributed by atoms with E-state index >= 15 is 0 Å². The third-order valence-corrected chi connectivity index (χ3v) is 4.73. The van der Waals surface area contributed by atoms with Crippen LogP contribution in [-0.4, -0.2) is 60.9 Å². The number of ether oxygens (including phenoxy) is 2. The number of aliphatic carboxylic acids is 1. The Labute approximate surface area is 141 Å². The first-order chi connectivity index (χ1) is 11.6. The van der Waals surface area contributed by atoms with Crippen LogP contribution in [0.15, 0.2) is 24.3 Å². The maximum Gasteiger partial charge on any atom is 0.323 e. The van der Waals surface area contributed by atoms with Crippen LogP contribution in [0, 0.1) is 0 Å². The van der Waals surface area contributed by atoms with Crippen molar-refractivity contribution in [3.05, 3.63) is 35.4 Å². The van der Waals surface area contributed by atoms with E-state index in [0.29, 0.717) is 44.1 Å². The molecule has 130 valence electrons. The van der Waals surface area contributed by atoms with Gasteiger partial charge in [0.05, 0.1) is 6.61 Å². The first-order valence-electron chi connectivity index (χ1n) is 8.43. The van der Waals surface area contributed by atoms with E-state index in [2.05, 4.69) is 0 Å². The fraction of sp³-hybridized carbons (Fsp3) is 0.556. The number of carbonyl (C=O) groups excluding carboxylic acids is 1. The molecule has 0 bridgehead atoms. The molecule has 1 N–H and O–H groups in total. The number of nitrogens with zero attached hydrogens (tertiary/aromatic N) is 1. The smallest absolute Gasteiger partial charge is 0.323 e. The van der Waals surface area contributed by atoms with Gasteiger partial charge in [0.2, 0.25) is 0 Å². The molecule has 1 unspecified atom stereocenters. The van der Waals surface area contributed by atoms with Crippen molar-refractivity contribution in [2.45, 2.75) is 31.2 Å². The summed E-state index contributed by atoms with van der Waals surface area (Å²) < 4.78 is 10.7. The minimum Gasteiger partial charge on any atom is -0.480 e. The molecule has 6 nitrogen and oxygen atoms in total. The standard InChI is InChI=1S/C18H23NO5/c20-17(21)11-19(16-5-8-23-9-6-16)18(22)14-3-1-2-13(10-14)15-4-7-24-12-15/h1-3,10,15-16H,4-9,11-12H2,(H,20,21). The molecule has 0 aromatic heterocycles. The Balaban J connectivity index is 1.80. The van der Waals surface area contributed by atoms with Crippen LogP contribution < -0.4 is 0 Å². The van der Waals surface area contributed by atoms with E-state index in [1.165, 1.54) is 4.90 Å². The lowest BCUT2D eigenvalue weighted by Gasteiger charge is -2.33. The highest BCUT2D eigenvalue weighted by Crippen LogP contribution is 2.26. The highest BCUT2D eigenvalue weighted by Gasteiger charge is 2.29. The van der Waals surface area contributed by atoms with Crippen molar-refractivity contribution in [2.75, 3.05) is 33.0 Å². The number of amides is 1. The minimum absolute atomic E-state index is 0.0826. The summed E-state index contributed by atoms with van der Waals surface area (Å²) in [6, 6.07) is 7.43. The van der Waals surface area contributed by atoms with Gasteiger partial charge in [-0.25, -0.2) is 0 Å². The highest BCUT2D eigenvalue weighted by molar-refractivity contribution is 5.96. The van der Waals surface area contributed by atoms with Crippen LogP contribution in [0.3, 0.4) is 0 Å². The van der Waals surface area contributed by atoms with E-state index in [0.717, 1.165) is 18.6 Å².